The monoisotopic (exact) mass is 459 g/mol. The maximum absolute atomic E-state index is 13.1. The van der Waals surface area contributed by atoms with Gasteiger partial charge in [0.15, 0.2) is 6.10 Å². The number of carbonyl (C=O) groups excluding carboxylic acids is 2. The van der Waals surface area contributed by atoms with Crippen LogP contribution in [-0.4, -0.2) is 70.3 Å². The second-order valence-electron chi connectivity index (χ2n) is 7.64. The predicted octanol–water partition coefficient (Wildman–Crippen LogP) is 1.71. The van der Waals surface area contributed by atoms with Gasteiger partial charge in [0.05, 0.1) is 36.4 Å². The van der Waals surface area contributed by atoms with Gasteiger partial charge < -0.3 is 19.7 Å². The Bertz CT molecular complexity index is 1110. The molecule has 0 bridgehead atoms. The summed E-state index contributed by atoms with van der Waals surface area (Å²) in [6.45, 7) is 2.04. The molecule has 4 rings (SSSR count). The standard InChI is InChI=1S/C22H25N3O6S/c1-32(28,29)25-11-10-20(31-19-9-5-4-8-18(19)25)21(26)23-17-7-3-2-6-16(17)22(27)24-12-14-30-15-13-24/h2-9,20H,10-15H2,1H3,(H,23,26)/t20-/m0/s1. The van der Waals surface area contributed by atoms with Gasteiger partial charge in [0.2, 0.25) is 10.0 Å². The molecule has 32 heavy (non-hydrogen) atoms. The number of para-hydroxylation sites is 3. The zero-order valence-electron chi connectivity index (χ0n) is 17.7. The average Bonchev–Trinajstić information content (AvgIpc) is 2.99. The minimum atomic E-state index is -3.54. The normalized spacial score (nSPS) is 18.8. The summed E-state index contributed by atoms with van der Waals surface area (Å²) in [7, 11) is -3.54. The molecule has 0 spiro atoms. The fourth-order valence-electron chi connectivity index (χ4n) is 3.79. The number of hydrogen-bond acceptors (Lipinski definition) is 6. The number of carbonyl (C=O) groups is 2. The van der Waals surface area contributed by atoms with Crippen LogP contribution in [0, 0.1) is 0 Å². The number of benzene rings is 2. The summed E-state index contributed by atoms with van der Waals surface area (Å²) >= 11 is 0. The lowest BCUT2D eigenvalue weighted by molar-refractivity contribution is -0.122. The van der Waals surface area contributed by atoms with E-state index in [4.69, 9.17) is 9.47 Å². The van der Waals surface area contributed by atoms with Crippen molar-refractivity contribution < 1.29 is 27.5 Å². The lowest BCUT2D eigenvalue weighted by Crippen LogP contribution is -2.41. The first kappa shape index (κ1) is 22.1. The van der Waals surface area contributed by atoms with Crippen molar-refractivity contribution in [2.45, 2.75) is 12.5 Å². The summed E-state index contributed by atoms with van der Waals surface area (Å²) in [6, 6.07) is 13.5. The highest BCUT2D eigenvalue weighted by Gasteiger charge is 2.31. The average molecular weight is 460 g/mol. The number of sulfonamides is 1. The molecule has 2 aromatic rings. The van der Waals surface area contributed by atoms with Crippen molar-refractivity contribution in [3.63, 3.8) is 0 Å². The van der Waals surface area contributed by atoms with Crippen LogP contribution in [0.15, 0.2) is 48.5 Å². The van der Waals surface area contributed by atoms with E-state index in [1.54, 1.807) is 53.4 Å². The fourth-order valence-corrected chi connectivity index (χ4v) is 4.73. The van der Waals surface area contributed by atoms with E-state index in [1.165, 1.54) is 4.31 Å². The number of rotatable bonds is 4. The molecule has 1 saturated heterocycles. The third-order valence-corrected chi connectivity index (χ3v) is 6.58. The molecule has 0 saturated carbocycles. The number of nitrogens with one attached hydrogen (secondary N) is 1. The molecule has 0 aromatic heterocycles. The molecular formula is C22H25N3O6S. The van der Waals surface area contributed by atoms with Gasteiger partial charge in [-0.2, -0.15) is 0 Å². The van der Waals surface area contributed by atoms with E-state index in [1.807, 2.05) is 0 Å². The lowest BCUT2D eigenvalue weighted by atomic mass is 10.1. The van der Waals surface area contributed by atoms with E-state index in [-0.39, 0.29) is 18.9 Å². The Balaban J connectivity index is 1.55. The van der Waals surface area contributed by atoms with E-state index in [2.05, 4.69) is 5.32 Å². The first-order chi connectivity index (χ1) is 15.3. The number of amides is 2. The Morgan fingerprint density at radius 3 is 2.44 bits per heavy atom. The van der Waals surface area contributed by atoms with Crippen LogP contribution >= 0.6 is 0 Å². The summed E-state index contributed by atoms with van der Waals surface area (Å²) in [4.78, 5) is 27.7. The van der Waals surface area contributed by atoms with Crippen LogP contribution < -0.4 is 14.4 Å². The fraction of sp³-hybridized carbons (Fsp3) is 0.364. The zero-order valence-corrected chi connectivity index (χ0v) is 18.5. The van der Waals surface area contributed by atoms with E-state index < -0.39 is 22.0 Å². The minimum absolute atomic E-state index is 0.0995. The molecule has 1 fully saturated rings. The first-order valence-corrected chi connectivity index (χ1v) is 12.2. The number of anilines is 2. The molecule has 0 aliphatic carbocycles. The number of ether oxygens (including phenoxy) is 2. The molecule has 2 heterocycles. The number of fused-ring (bicyclic) bond motifs is 1. The highest BCUT2D eigenvalue weighted by atomic mass is 32.2. The van der Waals surface area contributed by atoms with Gasteiger partial charge in [-0.05, 0) is 24.3 Å². The number of nitrogens with zero attached hydrogens (tertiary/aromatic N) is 2. The van der Waals surface area contributed by atoms with Crippen LogP contribution in [0.5, 0.6) is 5.75 Å². The zero-order chi connectivity index (χ0) is 22.7. The van der Waals surface area contributed by atoms with Crippen molar-refractivity contribution in [1.29, 1.82) is 0 Å². The van der Waals surface area contributed by atoms with E-state index in [0.29, 0.717) is 49.0 Å². The topological polar surface area (TPSA) is 105 Å². The minimum Gasteiger partial charge on any atom is -0.478 e. The van der Waals surface area contributed by atoms with Gasteiger partial charge in [-0.15, -0.1) is 0 Å². The molecule has 9 nitrogen and oxygen atoms in total. The summed E-state index contributed by atoms with van der Waals surface area (Å²) < 4.78 is 37.0. The Morgan fingerprint density at radius 1 is 1.00 bits per heavy atom. The molecule has 0 radical (unpaired) electrons. The second-order valence-corrected chi connectivity index (χ2v) is 9.54. The maximum atomic E-state index is 13.1. The number of hydrogen-bond donors (Lipinski definition) is 1. The van der Waals surface area contributed by atoms with Crippen LogP contribution in [0.1, 0.15) is 16.8 Å². The molecule has 170 valence electrons. The van der Waals surface area contributed by atoms with Gasteiger partial charge in [0.25, 0.3) is 11.8 Å². The molecule has 2 aromatic carbocycles. The van der Waals surface area contributed by atoms with Gasteiger partial charge >= 0.3 is 0 Å². The molecule has 2 amide bonds. The number of morpholine rings is 1. The largest absolute Gasteiger partial charge is 0.478 e. The van der Waals surface area contributed by atoms with Crippen LogP contribution in [0.25, 0.3) is 0 Å². The summed E-state index contributed by atoms with van der Waals surface area (Å²) in [5, 5.41) is 2.80. The maximum Gasteiger partial charge on any atom is 0.265 e. The van der Waals surface area contributed by atoms with Gasteiger partial charge in [0, 0.05) is 26.1 Å². The van der Waals surface area contributed by atoms with Gasteiger partial charge in [0.1, 0.15) is 5.75 Å². The smallest absolute Gasteiger partial charge is 0.265 e. The van der Waals surface area contributed by atoms with Gasteiger partial charge in [-0.25, -0.2) is 8.42 Å². The first-order valence-electron chi connectivity index (χ1n) is 10.3. The van der Waals surface area contributed by atoms with Crippen LogP contribution in [-0.2, 0) is 19.6 Å². The van der Waals surface area contributed by atoms with Crippen LogP contribution in [0.2, 0.25) is 0 Å². The van der Waals surface area contributed by atoms with Crippen molar-refractivity contribution in [3.8, 4) is 5.75 Å². The van der Waals surface area contributed by atoms with E-state index in [9.17, 15) is 18.0 Å². The van der Waals surface area contributed by atoms with Gasteiger partial charge in [-0.3, -0.25) is 13.9 Å². The Labute approximate surface area is 187 Å². The van der Waals surface area contributed by atoms with Crippen molar-refractivity contribution in [3.05, 3.63) is 54.1 Å². The molecular weight excluding hydrogens is 434 g/mol. The van der Waals surface area contributed by atoms with Crippen molar-refractivity contribution in [2.75, 3.05) is 48.7 Å². The Hall–Kier alpha value is -3.11. The second kappa shape index (κ2) is 9.17. The third-order valence-electron chi connectivity index (χ3n) is 5.40. The molecule has 1 atom stereocenters. The van der Waals surface area contributed by atoms with Crippen molar-refractivity contribution >= 4 is 33.2 Å². The third kappa shape index (κ3) is 4.71. The quantitative estimate of drug-likeness (QED) is 0.746. The molecule has 2 aliphatic rings. The summed E-state index contributed by atoms with van der Waals surface area (Å²) in [5.74, 6) is -0.315. The molecule has 2 aliphatic heterocycles. The highest BCUT2D eigenvalue weighted by Crippen LogP contribution is 2.34. The molecule has 10 heteroatoms. The predicted molar refractivity (Wildman–Crippen MR) is 119 cm³/mol. The SMILES string of the molecule is CS(=O)(=O)N1CC[C@@H](C(=O)Nc2ccccc2C(=O)N2CCOCC2)Oc2ccccc21. The van der Waals surface area contributed by atoms with Crippen molar-refractivity contribution in [2.24, 2.45) is 0 Å². The Kier molecular flexibility index (Phi) is 6.33. The summed E-state index contributed by atoms with van der Waals surface area (Å²) in [6.07, 6.45) is 0.361. The molecule has 0 unspecified atom stereocenters. The van der Waals surface area contributed by atoms with E-state index >= 15 is 0 Å². The summed E-state index contributed by atoms with van der Waals surface area (Å²) in [5.41, 5.74) is 1.16. The Morgan fingerprint density at radius 2 is 1.69 bits per heavy atom. The van der Waals surface area contributed by atoms with Crippen molar-refractivity contribution in [1.82, 2.24) is 4.90 Å². The highest BCUT2D eigenvalue weighted by molar-refractivity contribution is 7.92. The van der Waals surface area contributed by atoms with Crippen LogP contribution in [0.3, 0.4) is 0 Å². The van der Waals surface area contributed by atoms with Gasteiger partial charge in [-0.1, -0.05) is 24.3 Å². The van der Waals surface area contributed by atoms with Crippen LogP contribution in [0.4, 0.5) is 11.4 Å². The lowest BCUT2D eigenvalue weighted by Gasteiger charge is -2.27. The van der Waals surface area contributed by atoms with E-state index in [0.717, 1.165) is 6.26 Å². The molecule has 1 N–H and O–H groups in total.